The first-order valence-electron chi connectivity index (χ1n) is 11.2. The van der Waals surface area contributed by atoms with Gasteiger partial charge < -0.3 is 9.04 Å². The lowest BCUT2D eigenvalue weighted by Crippen LogP contribution is -2.73. The molecular weight excluding hydrogens is 664 g/mol. The van der Waals surface area contributed by atoms with Crippen LogP contribution in [0.5, 0.6) is 0 Å². The Hall–Kier alpha value is -1.39. The molecule has 4 atom stereocenters. The molecule has 0 radical (unpaired) electrons. The maximum absolute atomic E-state index is 13.4. The average Bonchev–Trinajstić information content (AvgIpc) is 2.87. The van der Waals surface area contributed by atoms with Crippen LogP contribution in [-0.4, -0.2) is 110 Å². The highest BCUT2D eigenvalue weighted by Crippen LogP contribution is 2.61. The summed E-state index contributed by atoms with van der Waals surface area (Å²) in [5, 5.41) is 0. The van der Waals surface area contributed by atoms with E-state index < -0.39 is 76.1 Å². The molecule has 0 bridgehead atoms. The SMILES string of the molecule is CC[N+](CC)(CC)CC.O=S(=O)([O-])C(F)C(F)(F)C(F)(F)C(F)(F)C(F)(F)C(F)(F)C(F)(F)C(F)C(F)C(F)C(F)F. The van der Waals surface area contributed by atoms with Crippen molar-refractivity contribution in [3.05, 3.63) is 0 Å². The van der Waals surface area contributed by atoms with Crippen LogP contribution in [0.4, 0.5) is 79.0 Å². The van der Waals surface area contributed by atoms with E-state index in [9.17, 15) is 92.0 Å². The number of halogens is 18. The Morgan fingerprint density at radius 3 is 1.05 bits per heavy atom. The van der Waals surface area contributed by atoms with Crippen LogP contribution >= 0.6 is 0 Å². The number of hydrogen-bond donors (Lipinski definition) is 0. The zero-order valence-corrected chi connectivity index (χ0v) is 22.4. The van der Waals surface area contributed by atoms with E-state index in [1.165, 1.54) is 30.7 Å². The predicted molar refractivity (Wildman–Crippen MR) is 107 cm³/mol. The standard InChI is InChI=1S/C11H6F18O3S.C8H20N/c12-1(2(13)4(15)16)3(14)6(18,19)8(22,23)10(26,27)11(28,29)9(24,25)7(20,21)5(17)33(30,31)32;1-5-9(6-2,7-3)8-4/h1-5H,(H,30,31,32);5-8H2,1-4H3/q;+1/p-1. The molecule has 256 valence electrons. The first kappa shape index (κ1) is 42.7. The maximum atomic E-state index is 13.4. The van der Waals surface area contributed by atoms with Gasteiger partial charge in [-0.1, -0.05) is 0 Å². The highest BCUT2D eigenvalue weighted by atomic mass is 32.2. The largest absolute Gasteiger partial charge is 0.746 e. The van der Waals surface area contributed by atoms with Gasteiger partial charge in [0, 0.05) is 0 Å². The Morgan fingerprint density at radius 1 is 0.548 bits per heavy atom. The molecule has 0 fully saturated rings. The van der Waals surface area contributed by atoms with Crippen molar-refractivity contribution in [2.75, 3.05) is 26.2 Å². The quantitative estimate of drug-likeness (QED) is 0.108. The lowest BCUT2D eigenvalue weighted by atomic mass is 9.88. The molecular formula is C19H25F18NO3S. The van der Waals surface area contributed by atoms with Crippen molar-refractivity contribution >= 4 is 10.1 Å². The van der Waals surface area contributed by atoms with Crippen LogP contribution in [0, 0.1) is 0 Å². The number of quaternary nitrogens is 1. The second kappa shape index (κ2) is 13.7. The third kappa shape index (κ3) is 7.45. The summed E-state index contributed by atoms with van der Waals surface area (Å²) < 4.78 is 266. The molecule has 0 rings (SSSR count). The monoisotopic (exact) mass is 689 g/mol. The van der Waals surface area contributed by atoms with Crippen LogP contribution in [-0.2, 0) is 10.1 Å². The van der Waals surface area contributed by atoms with Crippen molar-refractivity contribution in [3.8, 4) is 0 Å². The van der Waals surface area contributed by atoms with Crippen LogP contribution in [0.2, 0.25) is 0 Å². The minimum Gasteiger partial charge on any atom is -0.746 e. The Balaban J connectivity index is 0. The third-order valence-electron chi connectivity index (χ3n) is 6.41. The van der Waals surface area contributed by atoms with Gasteiger partial charge in [0.05, 0.1) is 26.2 Å². The van der Waals surface area contributed by atoms with E-state index in [1.54, 1.807) is 0 Å². The Kier molecular flexibility index (Phi) is 14.0. The van der Waals surface area contributed by atoms with Gasteiger partial charge in [0.25, 0.3) is 11.9 Å². The van der Waals surface area contributed by atoms with Gasteiger partial charge in [-0.25, -0.2) is 34.8 Å². The van der Waals surface area contributed by atoms with Crippen molar-refractivity contribution in [1.82, 2.24) is 0 Å². The van der Waals surface area contributed by atoms with Gasteiger partial charge in [-0.3, -0.25) is 0 Å². The van der Waals surface area contributed by atoms with Crippen molar-refractivity contribution in [3.63, 3.8) is 0 Å². The number of hydrogen-bond acceptors (Lipinski definition) is 3. The molecule has 0 saturated carbocycles. The first-order valence-corrected chi connectivity index (χ1v) is 12.7. The van der Waals surface area contributed by atoms with Gasteiger partial charge in [-0.05, 0) is 27.7 Å². The molecule has 23 heteroatoms. The molecule has 4 nitrogen and oxygen atoms in total. The number of nitrogens with zero attached hydrogens (tertiary/aromatic N) is 1. The van der Waals surface area contributed by atoms with Crippen molar-refractivity contribution in [2.24, 2.45) is 0 Å². The second-order valence-electron chi connectivity index (χ2n) is 8.58. The molecule has 0 N–H and O–H groups in total. The van der Waals surface area contributed by atoms with Crippen LogP contribution in [0.1, 0.15) is 27.7 Å². The topological polar surface area (TPSA) is 57.2 Å². The van der Waals surface area contributed by atoms with E-state index in [0.29, 0.717) is 0 Å². The molecule has 0 aliphatic carbocycles. The minimum absolute atomic E-state index is 1.28. The molecule has 0 heterocycles. The molecule has 0 spiro atoms. The van der Waals surface area contributed by atoms with Gasteiger partial charge in [-0.15, -0.1) is 0 Å². The summed E-state index contributed by atoms with van der Waals surface area (Å²) in [4.78, 5) is 0. The van der Waals surface area contributed by atoms with E-state index in [4.69, 9.17) is 0 Å². The summed E-state index contributed by atoms with van der Waals surface area (Å²) in [7, 11) is -7.44. The summed E-state index contributed by atoms with van der Waals surface area (Å²) in [5.41, 5.74) is -6.07. The Labute approximate surface area is 227 Å². The van der Waals surface area contributed by atoms with Gasteiger partial charge in [0.15, 0.2) is 12.3 Å². The summed E-state index contributed by atoms with van der Waals surface area (Å²) in [5.74, 6) is -50.0. The van der Waals surface area contributed by atoms with E-state index in [1.807, 2.05) is 0 Å². The summed E-state index contributed by atoms with van der Waals surface area (Å²) in [6.07, 6.45) is -20.8. The van der Waals surface area contributed by atoms with Crippen LogP contribution < -0.4 is 0 Å². The van der Waals surface area contributed by atoms with Gasteiger partial charge in [-0.2, -0.15) is 52.7 Å². The maximum Gasteiger partial charge on any atom is 0.384 e. The summed E-state index contributed by atoms with van der Waals surface area (Å²) in [6, 6.07) is 0. The molecule has 0 aliphatic heterocycles. The van der Waals surface area contributed by atoms with E-state index in [2.05, 4.69) is 27.7 Å². The minimum atomic E-state index is -8.70. The highest BCUT2D eigenvalue weighted by Gasteiger charge is 2.92. The summed E-state index contributed by atoms with van der Waals surface area (Å²) >= 11 is 0. The van der Waals surface area contributed by atoms with Crippen molar-refractivity contribution in [2.45, 2.75) is 93.7 Å². The third-order valence-corrected chi connectivity index (χ3v) is 7.22. The Bertz CT molecular complexity index is 940. The fraction of sp³-hybridized carbons (Fsp3) is 1.00. The zero-order chi connectivity index (χ0) is 34.7. The molecule has 0 saturated heterocycles. The predicted octanol–water partition coefficient (Wildman–Crippen LogP) is 6.80. The smallest absolute Gasteiger partial charge is 0.384 e. The van der Waals surface area contributed by atoms with E-state index in [0.717, 1.165) is 0 Å². The number of alkyl halides is 18. The molecule has 4 unspecified atom stereocenters. The molecule has 0 aromatic carbocycles. The van der Waals surface area contributed by atoms with Gasteiger partial charge in [0.2, 0.25) is 6.17 Å². The fourth-order valence-corrected chi connectivity index (χ4v) is 3.66. The van der Waals surface area contributed by atoms with Crippen molar-refractivity contribution in [1.29, 1.82) is 0 Å². The molecule has 0 aromatic rings. The zero-order valence-electron chi connectivity index (χ0n) is 21.6. The summed E-state index contributed by atoms with van der Waals surface area (Å²) in [6.45, 7) is 14.2. The van der Waals surface area contributed by atoms with Crippen LogP contribution in [0.3, 0.4) is 0 Å². The van der Waals surface area contributed by atoms with Gasteiger partial charge >= 0.3 is 35.5 Å². The fourth-order valence-electron chi connectivity index (χ4n) is 3.15. The molecule has 0 amide bonds. The lowest BCUT2D eigenvalue weighted by molar-refractivity contribution is -0.921. The van der Waals surface area contributed by atoms with E-state index >= 15 is 0 Å². The van der Waals surface area contributed by atoms with Crippen LogP contribution in [0.15, 0.2) is 0 Å². The Morgan fingerprint density at radius 2 is 0.833 bits per heavy atom. The highest BCUT2D eigenvalue weighted by molar-refractivity contribution is 7.86. The lowest BCUT2D eigenvalue weighted by Gasteiger charge is -2.42. The average molecular weight is 689 g/mol. The second-order valence-corrected chi connectivity index (χ2v) is 9.98. The van der Waals surface area contributed by atoms with Gasteiger partial charge in [0.1, 0.15) is 10.1 Å². The first-order chi connectivity index (χ1) is 18.3. The normalized spacial score (nSPS) is 17.8. The molecule has 0 aliphatic rings. The number of rotatable bonds is 15. The van der Waals surface area contributed by atoms with E-state index in [-0.39, 0.29) is 0 Å². The molecule has 0 aromatic heterocycles. The van der Waals surface area contributed by atoms with Crippen molar-refractivity contribution < 1.29 is 96.5 Å². The molecule has 42 heavy (non-hydrogen) atoms. The van der Waals surface area contributed by atoms with Crippen LogP contribution in [0.25, 0.3) is 0 Å².